The van der Waals surface area contributed by atoms with Gasteiger partial charge >= 0.3 is 11.9 Å². The van der Waals surface area contributed by atoms with Crippen LogP contribution in [0.4, 0.5) is 0 Å². The van der Waals surface area contributed by atoms with Crippen LogP contribution in [0.15, 0.2) is 0 Å². The van der Waals surface area contributed by atoms with E-state index in [2.05, 4.69) is 13.8 Å². The molecule has 0 heterocycles. The highest BCUT2D eigenvalue weighted by Gasteiger charge is 2.45. The first kappa shape index (κ1) is 21.0. The van der Waals surface area contributed by atoms with E-state index in [1.807, 2.05) is 27.7 Å². The minimum Gasteiger partial charge on any atom is -0.465 e. The Morgan fingerprint density at radius 1 is 0.917 bits per heavy atom. The Kier molecular flexibility index (Phi) is 8.79. The Hall–Kier alpha value is -1.06. The summed E-state index contributed by atoms with van der Waals surface area (Å²) in [7, 11) is 0. The maximum atomic E-state index is 12.8. The average Bonchev–Trinajstić information content (AvgIpc) is 2.68. The molecule has 0 bridgehead atoms. The van der Waals surface area contributed by atoms with Gasteiger partial charge in [0.15, 0.2) is 0 Å². The molecule has 4 atom stereocenters. The number of hydrogen-bond donors (Lipinski definition) is 0. The smallest absolute Gasteiger partial charge is 0.310 e. The van der Waals surface area contributed by atoms with Crippen LogP contribution in [0.25, 0.3) is 0 Å². The summed E-state index contributed by atoms with van der Waals surface area (Å²) in [5, 5.41) is 0. The van der Waals surface area contributed by atoms with Crippen molar-refractivity contribution in [3.05, 3.63) is 0 Å². The summed E-state index contributed by atoms with van der Waals surface area (Å²) in [6, 6.07) is 0. The van der Waals surface area contributed by atoms with Gasteiger partial charge in [0.2, 0.25) is 0 Å². The van der Waals surface area contributed by atoms with Gasteiger partial charge in [-0.05, 0) is 36.5 Å². The molecule has 4 heteroatoms. The number of rotatable bonds is 7. The maximum absolute atomic E-state index is 12.8. The quantitative estimate of drug-likeness (QED) is 0.507. The second kappa shape index (κ2) is 10.0. The first-order chi connectivity index (χ1) is 11.3. The summed E-state index contributed by atoms with van der Waals surface area (Å²) >= 11 is 0. The summed E-state index contributed by atoms with van der Waals surface area (Å²) in [5.74, 6) is -0.239. The molecule has 4 unspecified atom stereocenters. The lowest BCUT2D eigenvalue weighted by Crippen LogP contribution is -2.40. The third-order valence-electron chi connectivity index (χ3n) is 4.93. The third kappa shape index (κ3) is 6.10. The second-order valence-electron chi connectivity index (χ2n) is 8.18. The summed E-state index contributed by atoms with van der Waals surface area (Å²) in [6.07, 6.45) is 3.89. The maximum Gasteiger partial charge on any atom is 0.310 e. The molecule has 0 N–H and O–H groups in total. The Bertz CT molecular complexity index is 402. The van der Waals surface area contributed by atoms with Crippen LogP contribution in [-0.4, -0.2) is 25.2 Å². The summed E-state index contributed by atoms with van der Waals surface area (Å²) < 4.78 is 11.1. The topological polar surface area (TPSA) is 52.6 Å². The van der Waals surface area contributed by atoms with E-state index in [9.17, 15) is 9.59 Å². The van der Waals surface area contributed by atoms with E-state index < -0.39 is 0 Å². The molecule has 1 rings (SSSR count). The van der Waals surface area contributed by atoms with E-state index in [4.69, 9.17) is 9.47 Å². The molecule has 140 valence electrons. The molecule has 0 aromatic carbocycles. The minimum absolute atomic E-state index is 0.151. The van der Waals surface area contributed by atoms with E-state index >= 15 is 0 Å². The van der Waals surface area contributed by atoms with Crippen molar-refractivity contribution in [3.8, 4) is 0 Å². The zero-order valence-corrected chi connectivity index (χ0v) is 16.3. The Morgan fingerprint density at radius 2 is 1.42 bits per heavy atom. The van der Waals surface area contributed by atoms with Gasteiger partial charge in [0.05, 0.1) is 25.0 Å². The first-order valence-corrected chi connectivity index (χ1v) is 9.61. The molecule has 1 aliphatic carbocycles. The predicted molar refractivity (Wildman–Crippen MR) is 95.4 cm³/mol. The number of hydrogen-bond acceptors (Lipinski definition) is 4. The molecular weight excluding hydrogens is 304 g/mol. The summed E-state index contributed by atoms with van der Waals surface area (Å²) in [4.78, 5) is 25.5. The number of esters is 2. The van der Waals surface area contributed by atoms with Crippen molar-refractivity contribution >= 4 is 11.9 Å². The van der Waals surface area contributed by atoms with Crippen LogP contribution in [-0.2, 0) is 19.1 Å². The van der Waals surface area contributed by atoms with Crippen molar-refractivity contribution in [1.82, 2.24) is 0 Å². The van der Waals surface area contributed by atoms with Crippen LogP contribution in [0.5, 0.6) is 0 Å². The number of carbonyl (C=O) groups excluding carboxylic acids is 2. The molecule has 1 fully saturated rings. The van der Waals surface area contributed by atoms with E-state index in [1.165, 1.54) is 0 Å². The zero-order chi connectivity index (χ0) is 18.3. The Labute approximate surface area is 147 Å². The van der Waals surface area contributed by atoms with Crippen molar-refractivity contribution in [2.24, 2.45) is 35.5 Å². The van der Waals surface area contributed by atoms with Gasteiger partial charge in [0.25, 0.3) is 0 Å². The summed E-state index contributed by atoms with van der Waals surface area (Å²) in [6.45, 7) is 13.1. The molecule has 0 aliphatic heterocycles. The standard InChI is InChI=1S/C20H36O4/c1-7-16-10-8-9-15(6)17(19(21)23-11-13(2)3)18(16)20(22)24-12-14(4)5/h13-18H,7-12H2,1-6H3. The molecule has 24 heavy (non-hydrogen) atoms. The van der Waals surface area contributed by atoms with E-state index in [0.717, 1.165) is 25.7 Å². The highest BCUT2D eigenvalue weighted by molar-refractivity contribution is 5.82. The van der Waals surface area contributed by atoms with Crippen LogP contribution >= 0.6 is 0 Å². The minimum atomic E-state index is -0.379. The largest absolute Gasteiger partial charge is 0.465 e. The van der Waals surface area contributed by atoms with Crippen LogP contribution in [0.2, 0.25) is 0 Å². The molecule has 0 radical (unpaired) electrons. The monoisotopic (exact) mass is 340 g/mol. The van der Waals surface area contributed by atoms with Crippen LogP contribution in [0.1, 0.15) is 67.2 Å². The lowest BCUT2D eigenvalue weighted by atomic mass is 9.75. The molecule has 0 aromatic rings. The third-order valence-corrected chi connectivity index (χ3v) is 4.93. The van der Waals surface area contributed by atoms with E-state index in [0.29, 0.717) is 25.0 Å². The molecule has 0 amide bonds. The van der Waals surface area contributed by atoms with Gasteiger partial charge in [-0.2, -0.15) is 0 Å². The predicted octanol–water partition coefficient (Wildman–Crippen LogP) is 4.46. The van der Waals surface area contributed by atoms with Crippen LogP contribution in [0.3, 0.4) is 0 Å². The molecule has 0 spiro atoms. The van der Waals surface area contributed by atoms with Gasteiger partial charge < -0.3 is 9.47 Å². The van der Waals surface area contributed by atoms with E-state index in [-0.39, 0.29) is 35.6 Å². The van der Waals surface area contributed by atoms with Crippen molar-refractivity contribution in [2.75, 3.05) is 13.2 Å². The van der Waals surface area contributed by atoms with Gasteiger partial charge in [-0.3, -0.25) is 9.59 Å². The van der Waals surface area contributed by atoms with Crippen molar-refractivity contribution in [1.29, 1.82) is 0 Å². The fourth-order valence-corrected chi connectivity index (χ4v) is 3.57. The first-order valence-electron chi connectivity index (χ1n) is 9.61. The highest BCUT2D eigenvalue weighted by atomic mass is 16.5. The SMILES string of the molecule is CCC1CCCC(C)C(C(=O)OCC(C)C)C1C(=O)OCC(C)C. The van der Waals surface area contributed by atoms with E-state index in [1.54, 1.807) is 0 Å². The molecule has 0 saturated heterocycles. The lowest BCUT2D eigenvalue weighted by Gasteiger charge is -2.31. The molecular formula is C20H36O4. The average molecular weight is 341 g/mol. The van der Waals surface area contributed by atoms with Crippen LogP contribution in [0, 0.1) is 35.5 Å². The second-order valence-corrected chi connectivity index (χ2v) is 8.18. The Balaban J connectivity index is 2.99. The summed E-state index contributed by atoms with van der Waals surface area (Å²) in [5.41, 5.74) is 0. The fraction of sp³-hybridized carbons (Fsp3) is 0.900. The van der Waals surface area contributed by atoms with Gasteiger partial charge in [-0.25, -0.2) is 0 Å². The van der Waals surface area contributed by atoms with Crippen molar-refractivity contribution in [3.63, 3.8) is 0 Å². The normalized spacial score (nSPS) is 27.8. The van der Waals surface area contributed by atoms with Gasteiger partial charge in [-0.15, -0.1) is 0 Å². The number of ether oxygens (including phenoxy) is 2. The van der Waals surface area contributed by atoms with Crippen molar-refractivity contribution in [2.45, 2.75) is 67.2 Å². The highest BCUT2D eigenvalue weighted by Crippen LogP contribution is 2.40. The van der Waals surface area contributed by atoms with Gasteiger partial charge in [0.1, 0.15) is 0 Å². The fourth-order valence-electron chi connectivity index (χ4n) is 3.57. The molecule has 0 aromatic heterocycles. The number of carbonyl (C=O) groups is 2. The van der Waals surface area contributed by atoms with Gasteiger partial charge in [0, 0.05) is 0 Å². The molecule has 1 aliphatic rings. The molecule has 4 nitrogen and oxygen atoms in total. The lowest BCUT2D eigenvalue weighted by molar-refractivity contribution is -0.166. The Morgan fingerprint density at radius 3 is 1.88 bits per heavy atom. The molecule has 1 saturated carbocycles. The van der Waals surface area contributed by atoms with Crippen LogP contribution < -0.4 is 0 Å². The zero-order valence-electron chi connectivity index (χ0n) is 16.3. The van der Waals surface area contributed by atoms with Gasteiger partial charge in [-0.1, -0.05) is 54.4 Å². The van der Waals surface area contributed by atoms with Crippen molar-refractivity contribution < 1.29 is 19.1 Å².